The second-order valence-corrected chi connectivity index (χ2v) is 15.4. The van der Waals surface area contributed by atoms with Crippen LogP contribution in [0.2, 0.25) is 0 Å². The molecule has 7 rings (SSSR count). The number of unbranched alkanes of at least 4 members (excludes halogenated alkanes) is 2. The number of aldehydes is 1. The van der Waals surface area contributed by atoms with Crippen LogP contribution < -0.4 is 9.47 Å². The maximum absolute atomic E-state index is 11.5. The number of carboxylic acids is 1. The third-order valence-corrected chi connectivity index (χ3v) is 10.8. The Bertz CT molecular complexity index is 2090. The van der Waals surface area contributed by atoms with Crippen molar-refractivity contribution in [2.45, 2.75) is 84.7 Å². The van der Waals surface area contributed by atoms with E-state index >= 15 is 0 Å². The van der Waals surface area contributed by atoms with Crippen molar-refractivity contribution in [3.05, 3.63) is 145 Å². The number of aliphatic carboxylic acids is 1. The molecule has 4 aromatic rings. The number of rotatable bonds is 18. The summed E-state index contributed by atoms with van der Waals surface area (Å²) in [7, 11) is 0. The van der Waals surface area contributed by atoms with Gasteiger partial charge in [-0.1, -0.05) is 123 Å². The molecule has 12 heteroatoms. The smallest absolute Gasteiger partial charge is 0.334 e. The first kappa shape index (κ1) is 52.5. The number of carbonyl (C=O) groups is 4. The van der Waals surface area contributed by atoms with Gasteiger partial charge in [0.15, 0.2) is 6.29 Å². The van der Waals surface area contributed by atoms with Crippen LogP contribution in [0.4, 0.5) is 0 Å². The number of esters is 2. The van der Waals surface area contributed by atoms with Gasteiger partial charge in [0, 0.05) is 40.5 Å². The van der Waals surface area contributed by atoms with Gasteiger partial charge in [-0.3, -0.25) is 4.79 Å². The minimum atomic E-state index is -0.947. The van der Waals surface area contributed by atoms with Gasteiger partial charge < -0.3 is 33.5 Å². The van der Waals surface area contributed by atoms with Crippen molar-refractivity contribution in [1.82, 2.24) is 0 Å². The highest BCUT2D eigenvalue weighted by molar-refractivity contribution is 9.09. The summed E-state index contributed by atoms with van der Waals surface area (Å²) < 4.78 is 33.0. The van der Waals surface area contributed by atoms with Gasteiger partial charge >= 0.3 is 17.9 Å². The van der Waals surface area contributed by atoms with Crippen LogP contribution in [0, 0.1) is 0 Å². The van der Waals surface area contributed by atoms with Crippen molar-refractivity contribution in [2.75, 3.05) is 31.8 Å². The van der Waals surface area contributed by atoms with Crippen LogP contribution in [-0.4, -0.2) is 73.5 Å². The van der Waals surface area contributed by atoms with Gasteiger partial charge in [0.05, 0.1) is 26.4 Å². The largest absolute Gasteiger partial charge is 0.494 e. The monoisotopic (exact) mass is 940 g/mol. The summed E-state index contributed by atoms with van der Waals surface area (Å²) in [6, 6.07) is 31.6. The molecule has 0 amide bonds. The highest BCUT2D eigenvalue weighted by Crippen LogP contribution is 2.33. The summed E-state index contributed by atoms with van der Waals surface area (Å²) in [5.74, 6) is 0.187. The quantitative estimate of drug-likeness (QED) is 0.0335. The average Bonchev–Trinajstić information content (AvgIpc) is 4.03. The summed E-state index contributed by atoms with van der Waals surface area (Å²) in [6.45, 7) is 13.4. The van der Waals surface area contributed by atoms with Gasteiger partial charge in [0.2, 0.25) is 0 Å². The topological polar surface area (TPSA) is 144 Å². The van der Waals surface area contributed by atoms with Crippen LogP contribution in [0.3, 0.4) is 0 Å². The van der Waals surface area contributed by atoms with Crippen LogP contribution >= 0.6 is 15.9 Å². The first-order valence-corrected chi connectivity index (χ1v) is 21.7. The van der Waals surface area contributed by atoms with E-state index in [-0.39, 0.29) is 50.9 Å². The Labute approximate surface area is 386 Å². The third kappa shape index (κ3) is 16.7. The minimum Gasteiger partial charge on any atom is -0.494 e. The molecule has 2 atom stereocenters. The van der Waals surface area contributed by atoms with E-state index in [0.717, 1.165) is 84.1 Å². The molecule has 64 heavy (non-hydrogen) atoms. The second-order valence-electron chi connectivity index (χ2n) is 14.8. The number of carbonyl (C=O) groups excluding carboxylic acids is 3. The molecule has 1 N–H and O–H groups in total. The fraction of sp³-hybridized carbons (Fsp3) is 0.346. The van der Waals surface area contributed by atoms with Crippen LogP contribution in [0.5, 0.6) is 11.5 Å². The van der Waals surface area contributed by atoms with Gasteiger partial charge in [-0.15, -0.1) is 0 Å². The highest BCUT2D eigenvalue weighted by atomic mass is 79.9. The first-order valence-electron chi connectivity index (χ1n) is 20.6. The van der Waals surface area contributed by atoms with Crippen LogP contribution in [0.1, 0.15) is 88.2 Å². The zero-order valence-electron chi connectivity index (χ0n) is 34.8. The van der Waals surface area contributed by atoms with E-state index < -0.39 is 5.97 Å². The van der Waals surface area contributed by atoms with E-state index in [2.05, 4.69) is 35.7 Å². The van der Waals surface area contributed by atoms with E-state index in [0.29, 0.717) is 61.3 Å². The van der Waals surface area contributed by atoms with Crippen molar-refractivity contribution < 1.29 is 52.7 Å². The molecule has 0 saturated carbocycles. The first-order chi connectivity index (χ1) is 30.0. The maximum Gasteiger partial charge on any atom is 0.334 e. The number of alkyl halides is 1. The van der Waals surface area contributed by atoms with E-state index in [1.165, 1.54) is 0 Å². The number of benzene rings is 4. The highest BCUT2D eigenvalue weighted by Gasteiger charge is 2.28. The van der Waals surface area contributed by atoms with Gasteiger partial charge in [0.25, 0.3) is 0 Å². The maximum atomic E-state index is 11.5. The predicted molar refractivity (Wildman–Crippen MR) is 254 cm³/mol. The lowest BCUT2D eigenvalue weighted by Crippen LogP contribution is -2.08. The summed E-state index contributed by atoms with van der Waals surface area (Å²) in [6.07, 6.45) is 7.41. The molecular weight excluding hydrogens is 880 g/mol. The third-order valence-electron chi connectivity index (χ3n) is 10.2. The molecule has 3 aliphatic heterocycles. The summed E-state index contributed by atoms with van der Waals surface area (Å²) in [4.78, 5) is 43.3. The van der Waals surface area contributed by atoms with Gasteiger partial charge in [-0.2, -0.15) is 0 Å². The zero-order valence-corrected chi connectivity index (χ0v) is 36.4. The second kappa shape index (κ2) is 27.4. The Kier molecular flexibility index (Phi) is 22.5. The number of ether oxygens (including phenoxy) is 6. The Morgan fingerprint density at radius 3 is 1.53 bits per heavy atom. The minimum absolute atomic E-state index is 0. The summed E-state index contributed by atoms with van der Waals surface area (Å²) in [5, 5.41) is 8.39. The van der Waals surface area contributed by atoms with Crippen molar-refractivity contribution in [2.24, 2.45) is 0 Å². The van der Waals surface area contributed by atoms with Crippen molar-refractivity contribution in [3.63, 3.8) is 0 Å². The SMILES string of the molecule is C.C.C=C(CBr)C(=O)O.C=C1CC(CCCCOc2ccc(-c3ccc(C4CC(=C)C(=O)O4)cc3)cc2)OC1=O.O=Cc1ccc(-c2ccc(OCCCCC3OCCO3)cc2)cc1. The molecule has 11 nitrogen and oxygen atoms in total. The number of carboxylic acid groups (broad SMARTS) is 1. The molecule has 3 heterocycles. The molecule has 0 spiro atoms. The molecule has 0 bridgehead atoms. The van der Waals surface area contributed by atoms with Crippen molar-refractivity contribution >= 4 is 40.1 Å². The van der Waals surface area contributed by atoms with E-state index in [1.807, 2.05) is 97.1 Å². The molecule has 3 aliphatic rings. The van der Waals surface area contributed by atoms with Gasteiger partial charge in [-0.05, 0) is 90.6 Å². The van der Waals surface area contributed by atoms with Crippen LogP contribution in [0.25, 0.3) is 22.3 Å². The lowest BCUT2D eigenvalue weighted by atomic mass is 10.00. The normalized spacial score (nSPS) is 16.4. The fourth-order valence-electron chi connectivity index (χ4n) is 6.57. The molecule has 2 unspecified atom stereocenters. The van der Waals surface area contributed by atoms with E-state index in [4.69, 9.17) is 33.5 Å². The van der Waals surface area contributed by atoms with E-state index in [9.17, 15) is 19.2 Å². The number of cyclic esters (lactones) is 2. The number of hydrogen-bond acceptors (Lipinski definition) is 10. The van der Waals surface area contributed by atoms with E-state index in [1.54, 1.807) is 0 Å². The molecule has 0 radical (unpaired) electrons. The molecule has 342 valence electrons. The number of halogens is 1. The Hall–Kier alpha value is -5.82. The molecular formula is C52H61BrO11. The standard InChI is InChI=1S/C26H26O5.C20H22O4.C4H5BrO2.2CH4/c1-17-15-23(30-25(17)27)5-3-4-14-29-22-12-10-20(11-13-22)19-6-8-21(9-7-19)24-16-18(2)26(28)31-24;21-15-16-4-6-17(7-5-16)18-8-10-19(11-9-18)22-12-2-1-3-20-23-13-14-24-20;1-3(2-5)4(6)7;;/h6-13,23-24H,1-5,14-16H2;4-11,15,20H,1-3,12-14H2;1-2H2,(H,6,7);2*1H4. The molecule has 0 aromatic heterocycles. The summed E-state index contributed by atoms with van der Waals surface area (Å²) >= 11 is 2.93. The van der Waals surface area contributed by atoms with Crippen LogP contribution in [0.15, 0.2) is 134 Å². The Morgan fingerprint density at radius 1 is 0.672 bits per heavy atom. The Balaban J connectivity index is 0.000000295. The van der Waals surface area contributed by atoms with Crippen molar-refractivity contribution in [3.8, 4) is 33.8 Å². The molecule has 0 aliphatic carbocycles. The molecule has 3 fully saturated rings. The molecule has 3 saturated heterocycles. The zero-order chi connectivity index (χ0) is 44.3. The number of hydrogen-bond donors (Lipinski definition) is 1. The van der Waals surface area contributed by atoms with Gasteiger partial charge in [0.1, 0.15) is 30.0 Å². The fourth-order valence-corrected chi connectivity index (χ4v) is 6.81. The van der Waals surface area contributed by atoms with Crippen LogP contribution in [-0.2, 0) is 33.3 Å². The molecule has 4 aromatic carbocycles. The lowest BCUT2D eigenvalue weighted by Gasteiger charge is -2.11. The Morgan fingerprint density at radius 2 is 1.12 bits per heavy atom. The average molecular weight is 942 g/mol. The van der Waals surface area contributed by atoms with Crippen molar-refractivity contribution in [1.29, 1.82) is 0 Å². The van der Waals surface area contributed by atoms with Gasteiger partial charge in [-0.25, -0.2) is 14.4 Å². The summed E-state index contributed by atoms with van der Waals surface area (Å²) in [5.41, 5.74) is 7.32. The predicted octanol–water partition coefficient (Wildman–Crippen LogP) is 11.7. The lowest BCUT2D eigenvalue weighted by molar-refractivity contribution is -0.140.